The van der Waals surface area contributed by atoms with Gasteiger partial charge in [-0.1, -0.05) is 32.3 Å². The van der Waals surface area contributed by atoms with E-state index in [1.807, 2.05) is 0 Å². The van der Waals surface area contributed by atoms with Gasteiger partial charge in [-0.3, -0.25) is 4.79 Å². The molecule has 0 bridgehead atoms. The number of carbonyl (C=O) groups excluding carboxylic acids is 1. The van der Waals surface area contributed by atoms with E-state index in [-0.39, 0.29) is 23.2 Å². The van der Waals surface area contributed by atoms with Crippen molar-refractivity contribution in [1.29, 1.82) is 0 Å². The molecule has 0 spiro atoms. The van der Waals surface area contributed by atoms with Crippen LogP contribution in [0.4, 0.5) is 0 Å². The maximum atomic E-state index is 12.6. The molecule has 0 aromatic heterocycles. The summed E-state index contributed by atoms with van der Waals surface area (Å²) in [6.07, 6.45) is 5.72. The normalized spacial score (nSPS) is 37.0. The number of oxime groups is 1. The van der Waals surface area contributed by atoms with Crippen LogP contribution in [0.25, 0.3) is 0 Å². The first-order chi connectivity index (χ1) is 9.29. The molecule has 0 aliphatic heterocycles. The lowest BCUT2D eigenvalue weighted by Gasteiger charge is -2.45. The Bertz CT molecular complexity index is 411. The zero-order valence-electron chi connectivity index (χ0n) is 12.8. The SMILES string of the molecule is CC1CC(C(=O)NC2CCCC(C)(C)C2)(C(N)=NO)C1. The summed E-state index contributed by atoms with van der Waals surface area (Å²) in [6, 6.07) is 0.213. The average molecular weight is 281 g/mol. The van der Waals surface area contributed by atoms with Crippen molar-refractivity contribution in [3.05, 3.63) is 0 Å². The third-order valence-electron chi connectivity index (χ3n) is 4.97. The van der Waals surface area contributed by atoms with Crippen LogP contribution >= 0.6 is 0 Å². The Balaban J connectivity index is 2.03. The number of hydrogen-bond acceptors (Lipinski definition) is 3. The Labute approximate surface area is 121 Å². The molecule has 1 atom stereocenters. The lowest BCUT2D eigenvalue weighted by Crippen LogP contribution is -2.58. The second-order valence-electron chi connectivity index (χ2n) is 7.51. The molecule has 0 aromatic carbocycles. The second-order valence-corrected chi connectivity index (χ2v) is 7.51. The summed E-state index contributed by atoms with van der Waals surface area (Å²) >= 11 is 0. The van der Waals surface area contributed by atoms with Crippen LogP contribution < -0.4 is 11.1 Å². The molecule has 4 N–H and O–H groups in total. The predicted octanol–water partition coefficient (Wildman–Crippen LogP) is 2.23. The molecular formula is C15H27N3O2. The van der Waals surface area contributed by atoms with Crippen molar-refractivity contribution in [3.63, 3.8) is 0 Å². The summed E-state index contributed by atoms with van der Waals surface area (Å²) in [4.78, 5) is 12.6. The fourth-order valence-corrected chi connectivity index (χ4v) is 3.88. The zero-order valence-corrected chi connectivity index (χ0v) is 12.8. The van der Waals surface area contributed by atoms with Crippen LogP contribution in [-0.4, -0.2) is 23.0 Å². The molecule has 2 rings (SSSR count). The summed E-state index contributed by atoms with van der Waals surface area (Å²) in [7, 11) is 0. The van der Waals surface area contributed by atoms with Gasteiger partial charge in [0, 0.05) is 6.04 Å². The minimum atomic E-state index is -0.782. The minimum absolute atomic E-state index is 0.0585. The van der Waals surface area contributed by atoms with Gasteiger partial charge in [0.1, 0.15) is 5.41 Å². The molecule has 1 unspecified atom stereocenters. The monoisotopic (exact) mass is 281 g/mol. The highest BCUT2D eigenvalue weighted by Crippen LogP contribution is 2.46. The summed E-state index contributed by atoms with van der Waals surface area (Å²) in [5, 5.41) is 15.2. The van der Waals surface area contributed by atoms with E-state index in [9.17, 15) is 4.79 Å². The molecule has 1 amide bonds. The number of amides is 1. The third kappa shape index (κ3) is 2.76. The Morgan fingerprint density at radius 2 is 2.00 bits per heavy atom. The van der Waals surface area contributed by atoms with Crippen molar-refractivity contribution in [1.82, 2.24) is 5.32 Å². The van der Waals surface area contributed by atoms with Gasteiger partial charge >= 0.3 is 0 Å². The van der Waals surface area contributed by atoms with Crippen LogP contribution in [0, 0.1) is 16.7 Å². The molecule has 114 valence electrons. The van der Waals surface area contributed by atoms with Crippen LogP contribution in [0.1, 0.15) is 59.3 Å². The number of nitrogens with zero attached hydrogens (tertiary/aromatic N) is 1. The first-order valence-electron chi connectivity index (χ1n) is 7.58. The van der Waals surface area contributed by atoms with Crippen molar-refractivity contribution in [2.45, 2.75) is 65.3 Å². The number of nitrogens with two attached hydrogens (primary N) is 1. The first-order valence-corrected chi connectivity index (χ1v) is 7.58. The summed E-state index contributed by atoms with van der Waals surface area (Å²) in [6.45, 7) is 6.58. The Kier molecular flexibility index (Phi) is 3.98. The topological polar surface area (TPSA) is 87.7 Å². The van der Waals surface area contributed by atoms with Gasteiger partial charge in [0.2, 0.25) is 5.91 Å². The Morgan fingerprint density at radius 1 is 1.35 bits per heavy atom. The summed E-state index contributed by atoms with van der Waals surface area (Å²) in [5.74, 6) is 0.445. The molecule has 20 heavy (non-hydrogen) atoms. The molecule has 0 saturated heterocycles. The van der Waals surface area contributed by atoms with E-state index in [1.54, 1.807) is 0 Å². The lowest BCUT2D eigenvalue weighted by molar-refractivity contribution is -0.134. The van der Waals surface area contributed by atoms with Crippen molar-refractivity contribution in [3.8, 4) is 0 Å². The van der Waals surface area contributed by atoms with Gasteiger partial charge in [-0.25, -0.2) is 0 Å². The predicted molar refractivity (Wildman–Crippen MR) is 78.4 cm³/mol. The lowest BCUT2D eigenvalue weighted by atomic mass is 9.61. The molecule has 5 nitrogen and oxygen atoms in total. The summed E-state index contributed by atoms with van der Waals surface area (Å²) in [5.41, 5.74) is 5.28. The van der Waals surface area contributed by atoms with E-state index in [1.165, 1.54) is 6.42 Å². The van der Waals surface area contributed by atoms with Crippen molar-refractivity contribution in [2.24, 2.45) is 27.6 Å². The highest BCUT2D eigenvalue weighted by Gasteiger charge is 2.52. The van der Waals surface area contributed by atoms with Crippen LogP contribution in [0.15, 0.2) is 5.16 Å². The standard InChI is InChI=1S/C15H27N3O2/c1-10-7-15(8-10,12(16)18-20)13(19)17-11-5-4-6-14(2,3)9-11/h10-11,20H,4-9H2,1-3H3,(H2,16,18)(H,17,19). The van der Waals surface area contributed by atoms with Gasteiger partial charge in [0.05, 0.1) is 0 Å². The Hall–Kier alpha value is -1.26. The molecule has 2 saturated carbocycles. The second kappa shape index (κ2) is 5.26. The van der Waals surface area contributed by atoms with Gasteiger partial charge < -0.3 is 16.3 Å². The Morgan fingerprint density at radius 3 is 2.50 bits per heavy atom. The number of amidine groups is 1. The van der Waals surface area contributed by atoms with Gasteiger partial charge in [-0.15, -0.1) is 0 Å². The smallest absolute Gasteiger partial charge is 0.234 e. The number of carbonyl (C=O) groups is 1. The van der Waals surface area contributed by atoms with E-state index in [4.69, 9.17) is 10.9 Å². The van der Waals surface area contributed by atoms with Gasteiger partial charge in [0.15, 0.2) is 5.84 Å². The van der Waals surface area contributed by atoms with E-state index in [2.05, 4.69) is 31.2 Å². The quantitative estimate of drug-likeness (QED) is 0.321. The molecule has 0 heterocycles. The maximum Gasteiger partial charge on any atom is 0.234 e. The first kappa shape index (κ1) is 15.1. The molecule has 0 aromatic rings. The molecule has 2 fully saturated rings. The van der Waals surface area contributed by atoms with Gasteiger partial charge in [-0.2, -0.15) is 0 Å². The molecule has 5 heteroatoms. The number of rotatable bonds is 3. The molecule has 2 aliphatic carbocycles. The molecular weight excluding hydrogens is 254 g/mol. The van der Waals surface area contributed by atoms with Crippen LogP contribution in [0.2, 0.25) is 0 Å². The van der Waals surface area contributed by atoms with Crippen LogP contribution in [0.5, 0.6) is 0 Å². The van der Waals surface area contributed by atoms with Crippen LogP contribution in [-0.2, 0) is 4.79 Å². The van der Waals surface area contributed by atoms with Gasteiger partial charge in [-0.05, 0) is 43.4 Å². The number of hydrogen-bond donors (Lipinski definition) is 3. The van der Waals surface area contributed by atoms with Crippen molar-refractivity contribution in [2.75, 3.05) is 0 Å². The molecule has 0 radical (unpaired) electrons. The van der Waals surface area contributed by atoms with E-state index >= 15 is 0 Å². The van der Waals surface area contributed by atoms with Crippen molar-refractivity contribution >= 4 is 11.7 Å². The zero-order chi connectivity index (χ0) is 15.0. The maximum absolute atomic E-state index is 12.6. The number of nitrogens with one attached hydrogen (secondary N) is 1. The molecule has 2 aliphatic rings. The minimum Gasteiger partial charge on any atom is -0.409 e. The van der Waals surface area contributed by atoms with E-state index in [0.717, 1.165) is 19.3 Å². The van der Waals surface area contributed by atoms with Crippen molar-refractivity contribution < 1.29 is 10.0 Å². The fourth-order valence-electron chi connectivity index (χ4n) is 3.88. The highest BCUT2D eigenvalue weighted by atomic mass is 16.4. The van der Waals surface area contributed by atoms with E-state index < -0.39 is 5.41 Å². The highest BCUT2D eigenvalue weighted by molar-refractivity contribution is 6.07. The third-order valence-corrected chi connectivity index (χ3v) is 4.97. The van der Waals surface area contributed by atoms with E-state index in [0.29, 0.717) is 18.8 Å². The largest absolute Gasteiger partial charge is 0.409 e. The fraction of sp³-hybridized carbons (Fsp3) is 0.867. The average Bonchev–Trinajstić information content (AvgIpc) is 2.32. The summed E-state index contributed by atoms with van der Waals surface area (Å²) < 4.78 is 0. The van der Waals surface area contributed by atoms with Gasteiger partial charge in [0.25, 0.3) is 0 Å². The van der Waals surface area contributed by atoms with Crippen LogP contribution in [0.3, 0.4) is 0 Å².